The van der Waals surface area contributed by atoms with Crippen molar-refractivity contribution in [1.82, 2.24) is 10.0 Å². The van der Waals surface area contributed by atoms with Gasteiger partial charge in [-0.25, -0.2) is 17.5 Å². The summed E-state index contributed by atoms with van der Waals surface area (Å²) in [5.74, 6) is -0.808. The van der Waals surface area contributed by atoms with Crippen LogP contribution in [0.4, 0.5) is 4.39 Å². The van der Waals surface area contributed by atoms with Crippen LogP contribution in [0.5, 0.6) is 0 Å². The molecule has 0 spiro atoms. The lowest BCUT2D eigenvalue weighted by molar-refractivity contribution is -0.125. The molecule has 2 aromatic carbocycles. The molecule has 1 fully saturated rings. The first-order chi connectivity index (χ1) is 14.7. The van der Waals surface area contributed by atoms with Gasteiger partial charge < -0.3 is 20.3 Å². The highest BCUT2D eigenvalue weighted by Gasteiger charge is 2.43. The number of hydrogen-bond donors (Lipinski definition) is 4. The average Bonchev–Trinajstić information content (AvgIpc) is 3.00. The SMILES string of the molecule is Cc1ccc(S(=O)(=O)NC[C@@H]2O[C@@H](CC(=O)NCc3ccc(F)cc3)[C@H](O)[C@@H]2O)cc1. The van der Waals surface area contributed by atoms with Crippen molar-refractivity contribution in [2.75, 3.05) is 6.54 Å². The van der Waals surface area contributed by atoms with E-state index in [0.29, 0.717) is 5.56 Å². The van der Waals surface area contributed by atoms with E-state index < -0.39 is 40.3 Å². The maximum Gasteiger partial charge on any atom is 0.240 e. The standard InChI is InChI=1S/C21H25FN2O6S/c1-13-2-8-16(9-3-13)31(28,29)24-12-18-21(27)20(26)17(30-18)10-19(25)23-11-14-4-6-15(22)7-5-14/h2-9,17-18,20-21,24,26-27H,10-12H2,1H3,(H,23,25)/t17-,18-,20-,21+/m0/s1. The first-order valence-corrected chi connectivity index (χ1v) is 11.2. The second kappa shape index (κ2) is 9.84. The molecule has 1 aliphatic rings. The molecule has 0 aliphatic carbocycles. The lowest BCUT2D eigenvalue weighted by Crippen LogP contribution is -2.40. The molecule has 3 rings (SSSR count). The lowest BCUT2D eigenvalue weighted by atomic mass is 10.1. The molecule has 4 N–H and O–H groups in total. The van der Waals surface area contributed by atoms with E-state index in [0.717, 1.165) is 5.56 Å². The van der Waals surface area contributed by atoms with Crippen LogP contribution >= 0.6 is 0 Å². The van der Waals surface area contributed by atoms with Crippen molar-refractivity contribution < 1.29 is 32.6 Å². The van der Waals surface area contributed by atoms with Crippen LogP contribution in [-0.4, -0.2) is 55.5 Å². The van der Waals surface area contributed by atoms with E-state index in [-0.39, 0.29) is 30.2 Å². The molecule has 1 heterocycles. The molecule has 0 saturated carbocycles. The molecule has 0 bridgehead atoms. The normalized spacial score (nSPS) is 23.6. The molecule has 1 saturated heterocycles. The Balaban J connectivity index is 1.51. The van der Waals surface area contributed by atoms with Gasteiger partial charge in [0.25, 0.3) is 0 Å². The van der Waals surface area contributed by atoms with Crippen LogP contribution in [0.2, 0.25) is 0 Å². The summed E-state index contributed by atoms with van der Waals surface area (Å²) in [5.41, 5.74) is 1.61. The van der Waals surface area contributed by atoms with Gasteiger partial charge >= 0.3 is 0 Å². The Bertz CT molecular complexity index is 998. The van der Waals surface area contributed by atoms with Crippen molar-refractivity contribution >= 4 is 15.9 Å². The van der Waals surface area contributed by atoms with E-state index in [1.54, 1.807) is 12.1 Å². The molecule has 4 atom stereocenters. The van der Waals surface area contributed by atoms with E-state index in [2.05, 4.69) is 10.0 Å². The number of halogens is 1. The van der Waals surface area contributed by atoms with Gasteiger partial charge in [-0.1, -0.05) is 29.8 Å². The Morgan fingerprint density at radius 1 is 1.03 bits per heavy atom. The van der Waals surface area contributed by atoms with E-state index in [9.17, 15) is 27.8 Å². The molecular weight excluding hydrogens is 427 g/mol. The average molecular weight is 453 g/mol. The molecule has 1 aliphatic heterocycles. The number of hydrogen-bond acceptors (Lipinski definition) is 6. The Morgan fingerprint density at radius 3 is 2.29 bits per heavy atom. The summed E-state index contributed by atoms with van der Waals surface area (Å²) in [7, 11) is -3.82. The van der Waals surface area contributed by atoms with Crippen LogP contribution in [0.3, 0.4) is 0 Å². The first-order valence-electron chi connectivity index (χ1n) is 9.75. The molecule has 8 nitrogen and oxygen atoms in total. The largest absolute Gasteiger partial charge is 0.388 e. The quantitative estimate of drug-likeness (QED) is 0.465. The minimum absolute atomic E-state index is 0.0721. The number of rotatable bonds is 8. The van der Waals surface area contributed by atoms with Crippen LogP contribution in [0.15, 0.2) is 53.4 Å². The van der Waals surface area contributed by atoms with Crippen LogP contribution < -0.4 is 10.0 Å². The first kappa shape index (κ1) is 23.3. The number of aryl methyl sites for hydroxylation is 1. The number of carbonyl (C=O) groups is 1. The highest BCUT2D eigenvalue weighted by molar-refractivity contribution is 7.89. The van der Waals surface area contributed by atoms with E-state index in [1.807, 2.05) is 6.92 Å². The number of benzene rings is 2. The monoisotopic (exact) mass is 452 g/mol. The zero-order chi connectivity index (χ0) is 22.6. The van der Waals surface area contributed by atoms with E-state index >= 15 is 0 Å². The van der Waals surface area contributed by atoms with Gasteiger partial charge in [0.2, 0.25) is 15.9 Å². The third kappa shape index (κ3) is 6.08. The van der Waals surface area contributed by atoms with Crippen molar-refractivity contribution in [3.05, 3.63) is 65.5 Å². The Morgan fingerprint density at radius 2 is 1.65 bits per heavy atom. The second-order valence-electron chi connectivity index (χ2n) is 7.47. The summed E-state index contributed by atoms with van der Waals surface area (Å²) in [6.07, 6.45) is -4.91. The van der Waals surface area contributed by atoms with Crippen molar-refractivity contribution in [3.8, 4) is 0 Å². The third-order valence-electron chi connectivity index (χ3n) is 5.06. The number of sulfonamides is 1. The zero-order valence-electron chi connectivity index (χ0n) is 16.9. The number of nitrogens with one attached hydrogen (secondary N) is 2. The molecule has 0 aromatic heterocycles. The van der Waals surface area contributed by atoms with Crippen LogP contribution in [0, 0.1) is 12.7 Å². The summed E-state index contributed by atoms with van der Waals surface area (Å²) >= 11 is 0. The van der Waals surface area contributed by atoms with Gasteiger partial charge in [0.1, 0.15) is 24.1 Å². The minimum atomic E-state index is -3.82. The predicted molar refractivity (Wildman–Crippen MR) is 110 cm³/mol. The van der Waals surface area contributed by atoms with Crippen LogP contribution in [0.25, 0.3) is 0 Å². The zero-order valence-corrected chi connectivity index (χ0v) is 17.7. The van der Waals surface area contributed by atoms with Gasteiger partial charge in [-0.05, 0) is 36.8 Å². The molecule has 10 heteroatoms. The number of aliphatic hydroxyl groups excluding tert-OH is 2. The smallest absolute Gasteiger partial charge is 0.240 e. The fourth-order valence-electron chi connectivity index (χ4n) is 3.21. The summed E-state index contributed by atoms with van der Waals surface area (Å²) in [6, 6.07) is 11.9. The number of carbonyl (C=O) groups excluding carboxylic acids is 1. The molecule has 0 radical (unpaired) electrons. The van der Waals surface area contributed by atoms with Gasteiger partial charge in [0, 0.05) is 13.1 Å². The summed E-state index contributed by atoms with van der Waals surface area (Å²) in [4.78, 5) is 12.2. The maximum atomic E-state index is 12.9. The van der Waals surface area contributed by atoms with E-state index in [1.165, 1.54) is 36.4 Å². The molecule has 31 heavy (non-hydrogen) atoms. The molecule has 2 aromatic rings. The number of amides is 1. The van der Waals surface area contributed by atoms with E-state index in [4.69, 9.17) is 4.74 Å². The van der Waals surface area contributed by atoms with Crippen molar-refractivity contribution in [1.29, 1.82) is 0 Å². The molecular formula is C21H25FN2O6S. The van der Waals surface area contributed by atoms with Crippen molar-refractivity contribution in [3.63, 3.8) is 0 Å². The minimum Gasteiger partial charge on any atom is -0.388 e. The van der Waals surface area contributed by atoms with Crippen LogP contribution in [0.1, 0.15) is 17.5 Å². The molecule has 168 valence electrons. The lowest BCUT2D eigenvalue weighted by Gasteiger charge is -2.15. The third-order valence-corrected chi connectivity index (χ3v) is 6.50. The van der Waals surface area contributed by atoms with Gasteiger partial charge in [0.05, 0.1) is 17.4 Å². The van der Waals surface area contributed by atoms with Crippen LogP contribution in [-0.2, 0) is 26.1 Å². The Kier molecular flexibility index (Phi) is 7.39. The highest BCUT2D eigenvalue weighted by Crippen LogP contribution is 2.24. The fraction of sp³-hybridized carbons (Fsp3) is 0.381. The molecule has 0 unspecified atom stereocenters. The van der Waals surface area contributed by atoms with Gasteiger partial charge in [-0.15, -0.1) is 0 Å². The number of ether oxygens (including phenoxy) is 1. The fourth-order valence-corrected chi connectivity index (χ4v) is 4.26. The highest BCUT2D eigenvalue weighted by atomic mass is 32.2. The van der Waals surface area contributed by atoms with Gasteiger partial charge in [0.15, 0.2) is 0 Å². The maximum absolute atomic E-state index is 12.9. The van der Waals surface area contributed by atoms with Crippen molar-refractivity contribution in [2.24, 2.45) is 0 Å². The summed E-state index contributed by atoms with van der Waals surface area (Å²) in [5, 5.41) is 23.0. The molecule has 1 amide bonds. The van der Waals surface area contributed by atoms with Gasteiger partial charge in [-0.2, -0.15) is 0 Å². The summed E-state index contributed by atoms with van der Waals surface area (Å²) in [6.45, 7) is 1.75. The number of aliphatic hydroxyl groups is 2. The summed E-state index contributed by atoms with van der Waals surface area (Å²) < 4.78 is 45.6. The predicted octanol–water partition coefficient (Wildman–Crippen LogP) is 0.608. The Labute approximate surface area is 180 Å². The Hall–Kier alpha value is -2.37. The second-order valence-corrected chi connectivity index (χ2v) is 9.23. The van der Waals surface area contributed by atoms with Gasteiger partial charge in [-0.3, -0.25) is 4.79 Å². The van der Waals surface area contributed by atoms with Crippen molar-refractivity contribution in [2.45, 2.75) is 49.2 Å². The topological polar surface area (TPSA) is 125 Å².